The largest absolute Gasteiger partial charge is 0.453 e. The topological polar surface area (TPSA) is 30.7 Å². The molecule has 0 atom stereocenters. The summed E-state index contributed by atoms with van der Waals surface area (Å²) >= 11 is 0. The molecule has 0 aliphatic rings. The molecule has 0 radical (unpaired) electrons. The van der Waals surface area contributed by atoms with Crippen molar-refractivity contribution in [2.75, 3.05) is 0 Å². The van der Waals surface area contributed by atoms with E-state index in [-0.39, 0.29) is 5.82 Å². The van der Waals surface area contributed by atoms with Gasteiger partial charge in [0.05, 0.1) is 0 Å². The minimum Gasteiger partial charge on any atom is -0.249 e. The molecule has 0 aliphatic carbocycles. The van der Waals surface area contributed by atoms with Crippen molar-refractivity contribution in [2.24, 2.45) is 7.05 Å². The predicted octanol–water partition coefficient (Wildman–Crippen LogP) is 2.26. The molecule has 0 bridgehead atoms. The van der Waals surface area contributed by atoms with Crippen molar-refractivity contribution >= 4 is 5.57 Å². The smallest absolute Gasteiger partial charge is 0.249 e. The van der Waals surface area contributed by atoms with Crippen LogP contribution in [0.1, 0.15) is 25.5 Å². The van der Waals surface area contributed by atoms with Gasteiger partial charge in [-0.3, -0.25) is 0 Å². The Labute approximate surface area is 79.3 Å². The first kappa shape index (κ1) is 10.7. The van der Waals surface area contributed by atoms with Gasteiger partial charge in [-0.15, -0.1) is 5.10 Å². The normalized spacial score (nSPS) is 13.4. The lowest BCUT2D eigenvalue weighted by Crippen LogP contribution is -2.08. The number of rotatable bonds is 1. The molecule has 0 amide bonds. The van der Waals surface area contributed by atoms with Crippen molar-refractivity contribution in [2.45, 2.75) is 20.0 Å². The number of aromatic nitrogens is 3. The highest BCUT2D eigenvalue weighted by atomic mass is 19.4. The van der Waals surface area contributed by atoms with Crippen LogP contribution in [-0.4, -0.2) is 14.8 Å². The first-order valence-electron chi connectivity index (χ1n) is 3.97. The van der Waals surface area contributed by atoms with Crippen LogP contribution in [0.15, 0.2) is 6.08 Å². The lowest BCUT2D eigenvalue weighted by atomic mass is 10.3. The molecule has 0 aliphatic heterocycles. The van der Waals surface area contributed by atoms with Crippen LogP contribution in [0.25, 0.3) is 5.57 Å². The molecular weight excluding hydrogens is 195 g/mol. The molecule has 78 valence electrons. The molecule has 1 aromatic rings. The van der Waals surface area contributed by atoms with Gasteiger partial charge >= 0.3 is 6.18 Å². The third-order valence-corrected chi connectivity index (χ3v) is 1.80. The van der Waals surface area contributed by atoms with Gasteiger partial charge in [-0.25, -0.2) is 9.67 Å². The number of halogens is 3. The van der Waals surface area contributed by atoms with Gasteiger partial charge in [0, 0.05) is 7.05 Å². The SMILES string of the molecule is C/C=C(/C)c1nc(C(F)(F)F)nn1C. The van der Waals surface area contributed by atoms with Crippen molar-refractivity contribution in [1.82, 2.24) is 14.8 Å². The van der Waals surface area contributed by atoms with Crippen LogP contribution in [0.4, 0.5) is 13.2 Å². The molecule has 0 spiro atoms. The number of allylic oxidation sites excluding steroid dienone is 2. The van der Waals surface area contributed by atoms with Crippen LogP contribution in [0, 0.1) is 0 Å². The molecule has 0 saturated carbocycles. The van der Waals surface area contributed by atoms with Gasteiger partial charge in [-0.05, 0) is 19.4 Å². The van der Waals surface area contributed by atoms with Gasteiger partial charge in [0.25, 0.3) is 5.82 Å². The Morgan fingerprint density at radius 2 is 2.00 bits per heavy atom. The molecule has 6 heteroatoms. The quantitative estimate of drug-likeness (QED) is 0.704. The van der Waals surface area contributed by atoms with Gasteiger partial charge in [0.15, 0.2) is 5.82 Å². The second-order valence-corrected chi connectivity index (χ2v) is 2.85. The number of hydrogen-bond donors (Lipinski definition) is 0. The summed E-state index contributed by atoms with van der Waals surface area (Å²) in [5.41, 5.74) is 0.663. The molecule has 1 rings (SSSR count). The van der Waals surface area contributed by atoms with E-state index in [0.717, 1.165) is 4.68 Å². The van der Waals surface area contributed by atoms with Crippen LogP contribution in [0.5, 0.6) is 0 Å². The average molecular weight is 205 g/mol. The van der Waals surface area contributed by atoms with E-state index in [1.807, 2.05) is 0 Å². The van der Waals surface area contributed by atoms with Crippen molar-refractivity contribution in [3.63, 3.8) is 0 Å². The summed E-state index contributed by atoms with van der Waals surface area (Å²) in [6.45, 7) is 3.42. The van der Waals surface area contributed by atoms with E-state index in [0.29, 0.717) is 5.57 Å². The van der Waals surface area contributed by atoms with Crippen LogP contribution < -0.4 is 0 Å². The second kappa shape index (κ2) is 3.43. The first-order valence-corrected chi connectivity index (χ1v) is 3.97. The van der Waals surface area contributed by atoms with E-state index in [1.165, 1.54) is 7.05 Å². The lowest BCUT2D eigenvalue weighted by Gasteiger charge is -1.97. The number of aryl methyl sites for hydroxylation is 1. The lowest BCUT2D eigenvalue weighted by molar-refractivity contribution is -0.144. The highest BCUT2D eigenvalue weighted by molar-refractivity contribution is 5.56. The minimum atomic E-state index is -4.48. The number of hydrogen-bond acceptors (Lipinski definition) is 2. The maximum atomic E-state index is 12.2. The summed E-state index contributed by atoms with van der Waals surface area (Å²) in [6, 6.07) is 0. The zero-order valence-corrected chi connectivity index (χ0v) is 8.05. The molecule has 0 N–H and O–H groups in total. The highest BCUT2D eigenvalue weighted by Gasteiger charge is 2.36. The third-order valence-electron chi connectivity index (χ3n) is 1.80. The fraction of sp³-hybridized carbons (Fsp3) is 0.500. The summed E-state index contributed by atoms with van der Waals surface area (Å²) in [5, 5.41) is 3.29. The van der Waals surface area contributed by atoms with Crippen molar-refractivity contribution in [1.29, 1.82) is 0 Å². The maximum Gasteiger partial charge on any atom is 0.453 e. The molecular formula is C8H10F3N3. The summed E-state index contributed by atoms with van der Waals surface area (Å²) in [6.07, 6.45) is -2.80. The average Bonchev–Trinajstić information content (AvgIpc) is 2.45. The Bertz CT molecular complexity index is 362. The van der Waals surface area contributed by atoms with Crippen LogP contribution in [0.2, 0.25) is 0 Å². The first-order chi connectivity index (χ1) is 6.36. The number of alkyl halides is 3. The molecule has 0 saturated heterocycles. The van der Waals surface area contributed by atoms with Gasteiger partial charge < -0.3 is 0 Å². The summed E-state index contributed by atoms with van der Waals surface area (Å²) in [4.78, 5) is 3.41. The monoisotopic (exact) mass is 205 g/mol. The number of nitrogens with zero attached hydrogens (tertiary/aromatic N) is 3. The standard InChI is InChI=1S/C8H10F3N3/c1-4-5(2)6-12-7(8(9,10)11)13-14(6)3/h4H,1-3H3/b5-4-. The predicted molar refractivity (Wildman–Crippen MR) is 45.3 cm³/mol. The van der Waals surface area contributed by atoms with Crippen molar-refractivity contribution in [3.8, 4) is 0 Å². The molecule has 1 aromatic heterocycles. The fourth-order valence-corrected chi connectivity index (χ4v) is 0.977. The molecule has 0 unspecified atom stereocenters. The van der Waals surface area contributed by atoms with E-state index >= 15 is 0 Å². The van der Waals surface area contributed by atoms with E-state index < -0.39 is 12.0 Å². The Morgan fingerprint density at radius 1 is 1.43 bits per heavy atom. The Balaban J connectivity index is 3.18. The zero-order chi connectivity index (χ0) is 10.9. The Kier molecular flexibility index (Phi) is 2.64. The van der Waals surface area contributed by atoms with Gasteiger partial charge in [-0.2, -0.15) is 13.2 Å². The van der Waals surface area contributed by atoms with Gasteiger partial charge in [-0.1, -0.05) is 6.08 Å². The van der Waals surface area contributed by atoms with Crippen molar-refractivity contribution < 1.29 is 13.2 Å². The minimum absolute atomic E-state index is 0.236. The third kappa shape index (κ3) is 1.94. The molecule has 14 heavy (non-hydrogen) atoms. The van der Waals surface area contributed by atoms with Crippen LogP contribution in [-0.2, 0) is 13.2 Å². The summed E-state index contributed by atoms with van der Waals surface area (Å²) in [7, 11) is 1.44. The molecule has 0 aromatic carbocycles. The second-order valence-electron chi connectivity index (χ2n) is 2.85. The fourth-order valence-electron chi connectivity index (χ4n) is 0.977. The van der Waals surface area contributed by atoms with E-state index in [4.69, 9.17) is 0 Å². The molecule has 1 heterocycles. The summed E-state index contributed by atoms with van der Waals surface area (Å²) in [5.74, 6) is -0.865. The van der Waals surface area contributed by atoms with Crippen molar-refractivity contribution in [3.05, 3.63) is 17.7 Å². The Morgan fingerprint density at radius 3 is 2.36 bits per heavy atom. The van der Waals surface area contributed by atoms with Gasteiger partial charge in [0.1, 0.15) is 0 Å². The molecule has 3 nitrogen and oxygen atoms in total. The van der Waals surface area contributed by atoms with Gasteiger partial charge in [0.2, 0.25) is 0 Å². The van der Waals surface area contributed by atoms with Crippen LogP contribution in [0.3, 0.4) is 0 Å². The molecule has 0 fully saturated rings. The van der Waals surface area contributed by atoms with Crippen LogP contribution >= 0.6 is 0 Å². The van der Waals surface area contributed by atoms with E-state index in [2.05, 4.69) is 10.1 Å². The summed E-state index contributed by atoms with van der Waals surface area (Å²) < 4.78 is 37.7. The maximum absolute atomic E-state index is 12.2. The highest BCUT2D eigenvalue weighted by Crippen LogP contribution is 2.27. The van der Waals surface area contributed by atoms with E-state index in [1.54, 1.807) is 19.9 Å². The zero-order valence-electron chi connectivity index (χ0n) is 8.05. The Hall–Kier alpha value is -1.33. The van der Waals surface area contributed by atoms with E-state index in [9.17, 15) is 13.2 Å².